The second-order valence-electron chi connectivity index (χ2n) is 8.63. The summed E-state index contributed by atoms with van der Waals surface area (Å²) in [6.45, 7) is 0.291. The maximum Gasteiger partial charge on any atom is 0.280 e. The highest BCUT2D eigenvalue weighted by Gasteiger charge is 2.41. The van der Waals surface area contributed by atoms with Crippen LogP contribution >= 0.6 is 23.1 Å². The lowest BCUT2D eigenvalue weighted by molar-refractivity contribution is -0.385. The number of thioether (sulfide) groups is 1. The van der Waals surface area contributed by atoms with Crippen LogP contribution in [0.25, 0.3) is 17.1 Å². The summed E-state index contributed by atoms with van der Waals surface area (Å²) in [5, 5.41) is 41.2. The number of benzene rings is 3. The number of para-hydroxylation sites is 3. The normalized spacial score (nSPS) is 16.0. The monoisotopic (exact) mass is 587 g/mol. The number of fused-ring (bicyclic) bond motifs is 1. The molecule has 16 heteroatoms. The van der Waals surface area contributed by atoms with Gasteiger partial charge in [0.15, 0.2) is 0 Å². The fourth-order valence-corrected chi connectivity index (χ4v) is 6.20. The number of aromatic nitrogens is 5. The molecule has 0 bridgehead atoms. The molecule has 2 aromatic heterocycles. The van der Waals surface area contributed by atoms with Gasteiger partial charge < -0.3 is 0 Å². The van der Waals surface area contributed by atoms with E-state index in [0.717, 1.165) is 22.8 Å². The van der Waals surface area contributed by atoms with Gasteiger partial charge in [-0.3, -0.25) is 30.4 Å². The molecule has 14 nitrogen and oxygen atoms in total. The number of nitrogens with zero attached hydrogens (tertiary/aromatic N) is 8. The number of carbonyl (C=O) groups excluding carboxylic acids is 1. The molecule has 1 unspecified atom stereocenters. The number of anilines is 1. The van der Waals surface area contributed by atoms with Crippen molar-refractivity contribution in [3.05, 3.63) is 114 Å². The average molecular weight is 588 g/mol. The van der Waals surface area contributed by atoms with Crippen LogP contribution in [0, 0.1) is 20.2 Å². The minimum Gasteiger partial charge on any atom is -0.267 e. The van der Waals surface area contributed by atoms with Gasteiger partial charge in [-0.25, -0.2) is 9.69 Å². The zero-order valence-corrected chi connectivity index (χ0v) is 22.4. The number of nitro benzene ring substituents is 2. The summed E-state index contributed by atoms with van der Waals surface area (Å²) in [6, 6.07) is 19.6. The van der Waals surface area contributed by atoms with E-state index in [1.54, 1.807) is 22.9 Å². The number of hydrogen-bond acceptors (Lipinski definition) is 12. The van der Waals surface area contributed by atoms with Crippen molar-refractivity contribution in [2.75, 3.05) is 5.43 Å². The quantitative estimate of drug-likeness (QED) is 0.150. The molecule has 5 aromatic rings. The lowest BCUT2D eigenvalue weighted by Crippen LogP contribution is -2.33. The summed E-state index contributed by atoms with van der Waals surface area (Å²) < 4.78 is 1.68. The second kappa shape index (κ2) is 10.7. The first-order chi connectivity index (χ1) is 19.9. The van der Waals surface area contributed by atoms with E-state index in [9.17, 15) is 25.0 Å². The van der Waals surface area contributed by atoms with Crippen molar-refractivity contribution >= 4 is 62.6 Å². The van der Waals surface area contributed by atoms with E-state index >= 15 is 0 Å². The number of nitrogens with one attached hydrogen (secondary N) is 1. The number of hydrazine groups is 1. The minimum atomic E-state index is -0.871. The number of rotatable bonds is 8. The summed E-state index contributed by atoms with van der Waals surface area (Å²) in [6.07, 6.45) is 1.41. The van der Waals surface area contributed by atoms with E-state index in [-0.39, 0.29) is 32.5 Å². The first-order valence-corrected chi connectivity index (χ1v) is 13.6. The van der Waals surface area contributed by atoms with Gasteiger partial charge in [0.05, 0.1) is 37.9 Å². The van der Waals surface area contributed by atoms with Crippen LogP contribution in [0.15, 0.2) is 77.7 Å². The van der Waals surface area contributed by atoms with E-state index < -0.39 is 21.1 Å². The first-order valence-electron chi connectivity index (χ1n) is 11.9. The molecule has 0 saturated carbocycles. The predicted molar refractivity (Wildman–Crippen MR) is 152 cm³/mol. The molecule has 1 aliphatic heterocycles. The molecule has 1 fully saturated rings. The van der Waals surface area contributed by atoms with Gasteiger partial charge in [-0.05, 0) is 30.3 Å². The zero-order valence-electron chi connectivity index (χ0n) is 20.7. The summed E-state index contributed by atoms with van der Waals surface area (Å²) in [5.41, 5.74) is 4.68. The van der Waals surface area contributed by atoms with E-state index in [1.165, 1.54) is 52.8 Å². The summed E-state index contributed by atoms with van der Waals surface area (Å²) in [5.74, 6) is -0.532. The van der Waals surface area contributed by atoms with Crippen LogP contribution < -0.4 is 5.43 Å². The van der Waals surface area contributed by atoms with Gasteiger partial charge in [-0.15, -0.1) is 15.3 Å². The molecular formula is C25H17N9O5S2. The second-order valence-corrected chi connectivity index (χ2v) is 10.8. The third kappa shape index (κ3) is 5.08. The Morgan fingerprint density at radius 2 is 1.61 bits per heavy atom. The molecule has 1 N–H and O–H groups in total. The van der Waals surface area contributed by atoms with E-state index in [2.05, 4.69) is 25.9 Å². The minimum absolute atomic E-state index is 0.161. The molecule has 1 amide bonds. The fourth-order valence-electron chi connectivity index (χ4n) is 4.26. The Bertz CT molecular complexity index is 1850. The molecule has 1 atom stereocenters. The van der Waals surface area contributed by atoms with Gasteiger partial charge in [0.1, 0.15) is 15.9 Å². The van der Waals surface area contributed by atoms with Crippen molar-refractivity contribution in [3.63, 3.8) is 0 Å². The third-order valence-electron chi connectivity index (χ3n) is 6.11. The maximum atomic E-state index is 13.6. The van der Waals surface area contributed by atoms with Crippen LogP contribution in [-0.2, 0) is 11.3 Å². The highest BCUT2D eigenvalue weighted by molar-refractivity contribution is 8.04. The molecule has 6 rings (SSSR count). The van der Waals surface area contributed by atoms with Crippen molar-refractivity contribution in [3.8, 4) is 0 Å². The zero-order chi connectivity index (χ0) is 28.5. The molecule has 1 aliphatic rings. The number of hydrogen-bond donors (Lipinski definition) is 1. The van der Waals surface area contributed by atoms with E-state index in [0.29, 0.717) is 11.6 Å². The number of amides is 1. The molecule has 3 aromatic carbocycles. The molecule has 0 spiro atoms. The van der Waals surface area contributed by atoms with Crippen molar-refractivity contribution in [1.82, 2.24) is 30.2 Å². The highest BCUT2D eigenvalue weighted by atomic mass is 32.2. The third-order valence-corrected chi connectivity index (χ3v) is 8.16. The van der Waals surface area contributed by atoms with E-state index in [4.69, 9.17) is 0 Å². The standard InChI is InChI=1S/C25H17N9O5S2/c35-23-21(13-15-7-1-4-10-18(15)33(36)37)40-24(16-8-2-5-11-19(16)34(38)39)32(23)29-25-28-27-22(41-25)14-31-20-12-6-3-9-17(20)26-30-31/h1-13,24H,14H2,(H,28,29)/b21-13-. The number of nitro groups is 2. The SMILES string of the molecule is O=C1/C(=C/c2ccccc2[N+](=O)[O-])SC(c2ccccc2[N+](=O)[O-])N1Nc1nnc(Cn2nnc3ccccc32)s1. The van der Waals surface area contributed by atoms with Gasteiger partial charge in [0.2, 0.25) is 5.13 Å². The van der Waals surface area contributed by atoms with Gasteiger partial charge in [-0.2, -0.15) is 0 Å². The average Bonchev–Trinajstić information content (AvgIpc) is 3.68. The molecule has 3 heterocycles. The Hall–Kier alpha value is -5.22. The topological polar surface area (TPSA) is 175 Å². The highest BCUT2D eigenvalue weighted by Crippen LogP contribution is 2.48. The molecule has 1 saturated heterocycles. The van der Waals surface area contributed by atoms with Gasteiger partial charge in [-0.1, -0.05) is 64.7 Å². The van der Waals surface area contributed by atoms with E-state index in [1.807, 2.05) is 24.3 Å². The molecular weight excluding hydrogens is 570 g/mol. The number of carbonyl (C=O) groups is 1. The van der Waals surface area contributed by atoms with Crippen LogP contribution in [0.1, 0.15) is 21.5 Å². The van der Waals surface area contributed by atoms with Crippen molar-refractivity contribution in [2.45, 2.75) is 11.9 Å². The van der Waals surface area contributed by atoms with Crippen molar-refractivity contribution in [2.24, 2.45) is 0 Å². The van der Waals surface area contributed by atoms with Crippen LogP contribution in [0.4, 0.5) is 16.5 Å². The maximum absolute atomic E-state index is 13.6. The molecule has 204 valence electrons. The van der Waals surface area contributed by atoms with Crippen LogP contribution in [0.2, 0.25) is 0 Å². The fraction of sp³-hybridized carbons (Fsp3) is 0.0800. The smallest absolute Gasteiger partial charge is 0.267 e. The predicted octanol–water partition coefficient (Wildman–Crippen LogP) is 4.79. The van der Waals surface area contributed by atoms with Gasteiger partial charge >= 0.3 is 0 Å². The van der Waals surface area contributed by atoms with Gasteiger partial charge in [0.25, 0.3) is 17.3 Å². The largest absolute Gasteiger partial charge is 0.280 e. The summed E-state index contributed by atoms with van der Waals surface area (Å²) in [7, 11) is 0. The lowest BCUT2D eigenvalue weighted by atomic mass is 10.1. The van der Waals surface area contributed by atoms with Crippen LogP contribution in [-0.4, -0.2) is 46.0 Å². The summed E-state index contributed by atoms with van der Waals surface area (Å²) in [4.78, 5) is 36.1. The van der Waals surface area contributed by atoms with Gasteiger partial charge in [0, 0.05) is 12.1 Å². The molecule has 41 heavy (non-hydrogen) atoms. The van der Waals surface area contributed by atoms with Crippen molar-refractivity contribution < 1.29 is 14.6 Å². The summed E-state index contributed by atoms with van der Waals surface area (Å²) >= 11 is 2.22. The Kier molecular flexibility index (Phi) is 6.82. The lowest BCUT2D eigenvalue weighted by Gasteiger charge is -2.23. The van der Waals surface area contributed by atoms with Crippen molar-refractivity contribution in [1.29, 1.82) is 0 Å². The Balaban J connectivity index is 1.33. The van der Waals surface area contributed by atoms with Crippen LogP contribution in [0.5, 0.6) is 0 Å². The Morgan fingerprint density at radius 1 is 0.902 bits per heavy atom. The first kappa shape index (κ1) is 26.0. The molecule has 0 radical (unpaired) electrons. The van der Waals surface area contributed by atoms with Crippen LogP contribution in [0.3, 0.4) is 0 Å². The molecule has 0 aliphatic carbocycles. The Labute approximate surface area is 238 Å². The Morgan fingerprint density at radius 3 is 2.41 bits per heavy atom.